The van der Waals surface area contributed by atoms with Crippen LogP contribution in [-0.4, -0.2) is 70.3 Å². The van der Waals surface area contributed by atoms with E-state index in [1.807, 2.05) is 43.0 Å². The maximum atomic E-state index is 6.21. The van der Waals surface area contributed by atoms with Gasteiger partial charge in [0.2, 0.25) is 5.95 Å². The topological polar surface area (TPSA) is 100 Å². The van der Waals surface area contributed by atoms with Crippen molar-refractivity contribution in [2.75, 3.05) is 50.6 Å². The number of hydrogen-bond acceptors (Lipinski definition) is 9. The van der Waals surface area contributed by atoms with Crippen LogP contribution >= 0.6 is 11.8 Å². The van der Waals surface area contributed by atoms with Crippen molar-refractivity contribution in [2.24, 2.45) is 0 Å². The maximum absolute atomic E-state index is 6.21. The highest BCUT2D eigenvalue weighted by Gasteiger charge is 2.24. The first-order chi connectivity index (χ1) is 22.9. The number of thioether (sulfide) groups is 1. The summed E-state index contributed by atoms with van der Waals surface area (Å²) < 4.78 is 11.5. The van der Waals surface area contributed by atoms with Crippen LogP contribution < -0.4 is 15.4 Å². The fourth-order valence-corrected chi connectivity index (χ4v) is 7.17. The van der Waals surface area contributed by atoms with Gasteiger partial charge in [-0.3, -0.25) is 5.10 Å². The van der Waals surface area contributed by atoms with Crippen LogP contribution in [0.25, 0.3) is 22.3 Å². The third-order valence-corrected chi connectivity index (χ3v) is 9.61. The predicted octanol–water partition coefficient (Wildman–Crippen LogP) is 8.54. The Morgan fingerprint density at radius 2 is 1.74 bits per heavy atom. The molecule has 2 aromatic heterocycles. The van der Waals surface area contributed by atoms with E-state index >= 15 is 0 Å². The summed E-state index contributed by atoms with van der Waals surface area (Å²) in [4.78, 5) is 13.6. The van der Waals surface area contributed by atoms with Gasteiger partial charge in [0.05, 0.1) is 35.7 Å². The molecular formula is C37H45N7O2S. The summed E-state index contributed by atoms with van der Waals surface area (Å²) in [5.41, 5.74) is 6.86. The quantitative estimate of drug-likeness (QED) is 0.108. The highest BCUT2D eigenvalue weighted by Crippen LogP contribution is 2.40. The van der Waals surface area contributed by atoms with Gasteiger partial charge in [0.25, 0.3) is 0 Å². The first kappa shape index (κ1) is 32.8. The lowest BCUT2D eigenvalue weighted by atomic mass is 9.86. The zero-order chi connectivity index (χ0) is 32.8. The number of anilines is 4. The van der Waals surface area contributed by atoms with Gasteiger partial charge in [-0.2, -0.15) is 15.1 Å². The number of rotatable bonds is 13. The fraction of sp³-hybridized carbons (Fsp3) is 0.378. The number of methoxy groups -OCH3 is 1. The number of nitrogens with one attached hydrogen (secondary N) is 3. The Balaban J connectivity index is 1.36. The molecule has 9 nitrogen and oxygen atoms in total. The lowest BCUT2D eigenvalue weighted by molar-refractivity contribution is 0.130. The molecule has 1 aliphatic rings. The number of aromatic nitrogens is 4. The number of aryl methyl sites for hydroxylation is 1. The Bertz CT molecular complexity index is 1790. The van der Waals surface area contributed by atoms with Crippen LogP contribution in [0.1, 0.15) is 50.7 Å². The molecule has 3 heterocycles. The highest BCUT2D eigenvalue weighted by molar-refractivity contribution is 8.00. The summed E-state index contributed by atoms with van der Waals surface area (Å²) in [5, 5.41) is 16.3. The second-order valence-corrected chi connectivity index (χ2v) is 13.8. The molecule has 0 saturated carbocycles. The first-order valence-corrected chi connectivity index (χ1v) is 17.4. The smallest absolute Gasteiger partial charge is 0.231 e. The number of nitrogens with zero attached hydrogens (tertiary/aromatic N) is 4. The molecule has 1 fully saturated rings. The molecule has 246 valence electrons. The van der Waals surface area contributed by atoms with E-state index in [2.05, 4.69) is 89.0 Å². The second-order valence-electron chi connectivity index (χ2n) is 12.2. The van der Waals surface area contributed by atoms with E-state index < -0.39 is 0 Å². The van der Waals surface area contributed by atoms with Crippen LogP contribution in [0.2, 0.25) is 0 Å². The molecule has 0 bridgehead atoms. The summed E-state index contributed by atoms with van der Waals surface area (Å²) in [6.45, 7) is 13.1. The van der Waals surface area contributed by atoms with Gasteiger partial charge in [-0.25, -0.2) is 0 Å². The second kappa shape index (κ2) is 15.2. The van der Waals surface area contributed by atoms with Gasteiger partial charge in [-0.15, -0.1) is 11.8 Å². The van der Waals surface area contributed by atoms with Crippen molar-refractivity contribution in [3.8, 4) is 17.0 Å². The zero-order valence-corrected chi connectivity index (χ0v) is 28.8. The van der Waals surface area contributed by atoms with E-state index in [9.17, 15) is 0 Å². The van der Waals surface area contributed by atoms with E-state index in [1.54, 1.807) is 7.11 Å². The molecule has 47 heavy (non-hydrogen) atoms. The standard InChI is InChI=1S/C37H45N7O2S/c1-6-46-31-23-28(26-16-18-44(19-17-26)20-21-45-5)25(4)22-30(31)39-37-40-35(38-29-14-10-11-15-32(29)47-24(2)3)33-34(42-43-36(33)41-37)27-12-8-7-9-13-27/h7-15,22-24,26H,6,16-21H2,1-5H3,(H3,38,39,40,41,42,43). The van der Waals surface area contributed by atoms with Gasteiger partial charge in [0.15, 0.2) is 5.65 Å². The van der Waals surface area contributed by atoms with E-state index in [4.69, 9.17) is 19.4 Å². The molecule has 0 atom stereocenters. The monoisotopic (exact) mass is 651 g/mol. The molecule has 0 spiro atoms. The largest absolute Gasteiger partial charge is 0.492 e. The number of hydrogen-bond donors (Lipinski definition) is 3. The molecule has 0 unspecified atom stereocenters. The minimum atomic E-state index is 0.431. The molecule has 6 rings (SSSR count). The van der Waals surface area contributed by atoms with Crippen LogP contribution in [0.5, 0.6) is 5.75 Å². The minimum Gasteiger partial charge on any atom is -0.492 e. The molecule has 0 amide bonds. The van der Waals surface area contributed by atoms with Crippen molar-refractivity contribution in [2.45, 2.75) is 56.6 Å². The average Bonchev–Trinajstić information content (AvgIpc) is 3.51. The van der Waals surface area contributed by atoms with Gasteiger partial charge in [-0.1, -0.05) is 56.3 Å². The lowest BCUT2D eigenvalue weighted by Gasteiger charge is -2.33. The molecule has 0 radical (unpaired) electrons. The van der Waals surface area contributed by atoms with Crippen molar-refractivity contribution in [1.29, 1.82) is 0 Å². The maximum Gasteiger partial charge on any atom is 0.231 e. The minimum absolute atomic E-state index is 0.431. The number of H-pyrrole nitrogens is 1. The summed E-state index contributed by atoms with van der Waals surface area (Å²) in [7, 11) is 1.77. The van der Waals surface area contributed by atoms with E-state index in [0.717, 1.165) is 77.7 Å². The number of para-hydroxylation sites is 1. The summed E-state index contributed by atoms with van der Waals surface area (Å²) in [6.07, 6.45) is 2.24. The summed E-state index contributed by atoms with van der Waals surface area (Å²) in [5.74, 6) is 2.42. The normalized spacial score (nSPS) is 14.2. The van der Waals surface area contributed by atoms with Crippen molar-refractivity contribution in [3.05, 3.63) is 77.9 Å². The van der Waals surface area contributed by atoms with Crippen LogP contribution in [0.3, 0.4) is 0 Å². The molecule has 10 heteroatoms. The van der Waals surface area contributed by atoms with Crippen LogP contribution in [0.15, 0.2) is 71.6 Å². The van der Waals surface area contributed by atoms with Gasteiger partial charge >= 0.3 is 0 Å². The summed E-state index contributed by atoms with van der Waals surface area (Å²) in [6, 6.07) is 22.9. The third-order valence-electron chi connectivity index (χ3n) is 8.53. The highest BCUT2D eigenvalue weighted by atomic mass is 32.2. The molecule has 3 aromatic carbocycles. The van der Waals surface area contributed by atoms with Crippen molar-refractivity contribution >= 4 is 45.9 Å². The van der Waals surface area contributed by atoms with Gasteiger partial charge in [-0.05, 0) is 81.1 Å². The Morgan fingerprint density at radius 1 is 0.979 bits per heavy atom. The van der Waals surface area contributed by atoms with Crippen molar-refractivity contribution < 1.29 is 9.47 Å². The average molecular weight is 652 g/mol. The SMILES string of the molecule is CCOc1cc(C2CCN(CCOC)CC2)c(C)cc1Nc1nc(Nc2ccccc2SC(C)C)c2c(-c3ccccc3)[nH]nc2n1. The number of aromatic amines is 1. The van der Waals surface area contributed by atoms with Crippen LogP contribution in [0.4, 0.5) is 23.1 Å². The van der Waals surface area contributed by atoms with Gasteiger partial charge < -0.3 is 25.0 Å². The summed E-state index contributed by atoms with van der Waals surface area (Å²) >= 11 is 1.81. The number of piperidine rings is 1. The zero-order valence-electron chi connectivity index (χ0n) is 28.0. The van der Waals surface area contributed by atoms with Crippen LogP contribution in [0, 0.1) is 6.92 Å². The molecule has 1 saturated heterocycles. The van der Waals surface area contributed by atoms with Crippen molar-refractivity contribution in [3.63, 3.8) is 0 Å². The Kier molecular flexibility index (Phi) is 10.6. The fourth-order valence-electron chi connectivity index (χ4n) is 6.26. The number of benzene rings is 3. The molecule has 3 N–H and O–H groups in total. The van der Waals surface area contributed by atoms with Gasteiger partial charge in [0, 0.05) is 29.4 Å². The molecule has 5 aromatic rings. The van der Waals surface area contributed by atoms with E-state index in [0.29, 0.717) is 35.2 Å². The Labute approximate surface area is 281 Å². The van der Waals surface area contributed by atoms with E-state index in [-0.39, 0.29) is 0 Å². The Hall–Kier alpha value is -4.12. The Morgan fingerprint density at radius 3 is 2.49 bits per heavy atom. The first-order valence-electron chi connectivity index (χ1n) is 16.5. The molecule has 0 aliphatic carbocycles. The molecule has 1 aliphatic heterocycles. The van der Waals surface area contributed by atoms with Crippen molar-refractivity contribution in [1.82, 2.24) is 25.1 Å². The van der Waals surface area contributed by atoms with E-state index in [1.165, 1.54) is 11.1 Å². The lowest BCUT2D eigenvalue weighted by Crippen LogP contribution is -2.35. The third kappa shape index (κ3) is 7.72. The van der Waals surface area contributed by atoms with Crippen LogP contribution in [-0.2, 0) is 4.74 Å². The van der Waals surface area contributed by atoms with Gasteiger partial charge in [0.1, 0.15) is 11.6 Å². The molecular weight excluding hydrogens is 607 g/mol. The number of likely N-dealkylation sites (tertiary alicyclic amines) is 1. The predicted molar refractivity (Wildman–Crippen MR) is 194 cm³/mol. The number of fused-ring (bicyclic) bond motifs is 1. The number of ether oxygens (including phenoxy) is 2.